The lowest BCUT2D eigenvalue weighted by Gasteiger charge is -2.21. The number of carbonyl (C=O) groups excluding carboxylic acids is 1. The number of Topliss-reactive ketones (excluding diaryl/α,β-unsaturated/α-hetero) is 1. The molecule has 10 nitrogen and oxygen atoms in total. The number of aliphatic hydroxyl groups excluding tert-OH is 1. The molecule has 1 saturated carbocycles. The van der Waals surface area contributed by atoms with Gasteiger partial charge in [-0.15, -0.1) is 0 Å². The summed E-state index contributed by atoms with van der Waals surface area (Å²) in [6.45, 7) is 9.16. The quantitative estimate of drug-likeness (QED) is 0.315. The predicted molar refractivity (Wildman–Crippen MR) is 145 cm³/mol. The Kier molecular flexibility index (Phi) is 6.92. The molecule has 10 heteroatoms. The summed E-state index contributed by atoms with van der Waals surface area (Å²) in [6, 6.07) is 7.49. The third-order valence-corrected chi connectivity index (χ3v) is 6.71. The van der Waals surface area contributed by atoms with Crippen molar-refractivity contribution in [3.05, 3.63) is 48.0 Å². The molecule has 0 radical (unpaired) electrons. The summed E-state index contributed by atoms with van der Waals surface area (Å²) in [4.78, 5) is 25.6. The highest BCUT2D eigenvalue weighted by Gasteiger charge is 2.29. The summed E-state index contributed by atoms with van der Waals surface area (Å²) in [5.74, 6) is 3.01. The van der Waals surface area contributed by atoms with Gasteiger partial charge in [-0.1, -0.05) is 27.7 Å². The Morgan fingerprint density at radius 2 is 2.00 bits per heavy atom. The molecule has 38 heavy (non-hydrogen) atoms. The number of ether oxygens (including phenoxy) is 1. The fourth-order valence-electron chi connectivity index (χ4n) is 4.39. The van der Waals surface area contributed by atoms with Crippen molar-refractivity contribution in [1.82, 2.24) is 29.3 Å². The average molecular weight is 518 g/mol. The highest BCUT2D eigenvalue weighted by atomic mass is 16.5. The fourth-order valence-corrected chi connectivity index (χ4v) is 4.39. The van der Waals surface area contributed by atoms with Crippen molar-refractivity contribution >= 4 is 28.7 Å². The van der Waals surface area contributed by atoms with E-state index in [2.05, 4.69) is 41.0 Å². The molecule has 0 aliphatic heterocycles. The monoisotopic (exact) mass is 517 g/mol. The molecule has 1 fully saturated rings. The minimum Gasteiger partial charge on any atom is -0.456 e. The van der Waals surface area contributed by atoms with Crippen molar-refractivity contribution in [3.63, 3.8) is 0 Å². The molecule has 1 aliphatic rings. The zero-order valence-corrected chi connectivity index (χ0v) is 22.6. The van der Waals surface area contributed by atoms with Crippen molar-refractivity contribution in [2.45, 2.75) is 58.9 Å². The van der Waals surface area contributed by atoms with Crippen LogP contribution in [0.1, 0.15) is 51.9 Å². The van der Waals surface area contributed by atoms with E-state index in [-0.39, 0.29) is 29.6 Å². The standard InChI is InChI=1S/C28H35N7O3/c1-17(16-36)15-35-24(28(2,3)4)13-25(33-35)31-27-32-26-22(34(27)5)12-21(14-30-26)38-20-8-9-29-19(10-20)11-23(37)18-6-7-18/h8-10,12-14,17-18,36H,6-7,11,15-16H2,1-5H3,(H,30,31,32,33). The lowest BCUT2D eigenvalue weighted by atomic mass is 9.92. The van der Waals surface area contributed by atoms with Crippen LogP contribution >= 0.6 is 0 Å². The van der Waals surface area contributed by atoms with E-state index in [9.17, 15) is 9.90 Å². The van der Waals surface area contributed by atoms with E-state index in [0.29, 0.717) is 47.6 Å². The number of rotatable bonds is 10. The SMILES string of the molecule is CC(CO)Cn1nc(Nc2nc3ncc(Oc4ccnc(CC(=O)C5CC5)c4)cc3n2C)cc1C(C)(C)C. The number of aromatic nitrogens is 6. The second-order valence-electron chi connectivity index (χ2n) is 11.3. The largest absolute Gasteiger partial charge is 0.456 e. The second kappa shape index (κ2) is 10.2. The van der Waals surface area contributed by atoms with E-state index in [1.165, 1.54) is 0 Å². The highest BCUT2D eigenvalue weighted by molar-refractivity contribution is 5.85. The molecule has 1 unspecified atom stereocenters. The highest BCUT2D eigenvalue weighted by Crippen LogP contribution is 2.32. The van der Waals surface area contributed by atoms with Crippen molar-refractivity contribution in [2.24, 2.45) is 18.9 Å². The van der Waals surface area contributed by atoms with Gasteiger partial charge in [-0.05, 0) is 24.8 Å². The zero-order chi connectivity index (χ0) is 27.0. The normalized spacial score (nSPS) is 14.6. The van der Waals surface area contributed by atoms with E-state index < -0.39 is 0 Å². The molecule has 4 aromatic rings. The van der Waals surface area contributed by atoms with Gasteiger partial charge in [-0.3, -0.25) is 14.5 Å². The van der Waals surface area contributed by atoms with Crippen molar-refractivity contribution in [2.75, 3.05) is 11.9 Å². The third-order valence-electron chi connectivity index (χ3n) is 6.71. The van der Waals surface area contributed by atoms with Gasteiger partial charge in [-0.2, -0.15) is 10.1 Å². The average Bonchev–Trinajstić information content (AvgIpc) is 3.58. The van der Waals surface area contributed by atoms with Crippen molar-refractivity contribution < 1.29 is 14.6 Å². The summed E-state index contributed by atoms with van der Waals surface area (Å²) < 4.78 is 9.93. The van der Waals surface area contributed by atoms with Crippen LogP contribution in [0.5, 0.6) is 11.5 Å². The Hall–Kier alpha value is -3.79. The molecular weight excluding hydrogens is 482 g/mol. The van der Waals surface area contributed by atoms with Crippen molar-refractivity contribution in [3.8, 4) is 11.5 Å². The number of fused-ring (bicyclic) bond motifs is 1. The van der Waals surface area contributed by atoms with Gasteiger partial charge in [0.25, 0.3) is 0 Å². The maximum absolute atomic E-state index is 12.2. The number of nitrogens with zero attached hydrogens (tertiary/aromatic N) is 6. The van der Waals surface area contributed by atoms with Crippen LogP contribution in [0.2, 0.25) is 0 Å². The first-order chi connectivity index (χ1) is 18.1. The van der Waals surface area contributed by atoms with E-state index in [0.717, 1.165) is 24.1 Å². The number of nitrogens with one attached hydrogen (secondary N) is 1. The lowest BCUT2D eigenvalue weighted by Crippen LogP contribution is -2.21. The first-order valence-electron chi connectivity index (χ1n) is 13.0. The molecule has 0 bridgehead atoms. The summed E-state index contributed by atoms with van der Waals surface area (Å²) in [7, 11) is 1.91. The molecule has 0 saturated heterocycles. The topological polar surface area (TPSA) is 120 Å². The van der Waals surface area contributed by atoms with Crippen LogP contribution in [0.15, 0.2) is 36.7 Å². The summed E-state index contributed by atoms with van der Waals surface area (Å²) in [6.07, 6.45) is 5.61. The molecule has 4 aromatic heterocycles. The number of aryl methyl sites for hydroxylation is 1. The number of pyridine rings is 2. The number of hydrogen-bond acceptors (Lipinski definition) is 8. The maximum Gasteiger partial charge on any atom is 0.210 e. The van der Waals surface area contributed by atoms with Crippen LogP contribution in [0.3, 0.4) is 0 Å². The van der Waals surface area contributed by atoms with E-state index in [1.54, 1.807) is 18.5 Å². The van der Waals surface area contributed by atoms with Gasteiger partial charge in [0.1, 0.15) is 17.3 Å². The van der Waals surface area contributed by atoms with Gasteiger partial charge in [0.05, 0.1) is 17.4 Å². The van der Waals surface area contributed by atoms with Crippen LogP contribution in [0.4, 0.5) is 11.8 Å². The van der Waals surface area contributed by atoms with Gasteiger partial charge < -0.3 is 19.7 Å². The number of ketones is 1. The fraction of sp³-hybridized carbons (Fsp3) is 0.464. The second-order valence-corrected chi connectivity index (χ2v) is 11.3. The van der Waals surface area contributed by atoms with Crippen LogP contribution in [0.25, 0.3) is 11.2 Å². The molecule has 1 aliphatic carbocycles. The molecule has 4 heterocycles. The molecule has 0 aromatic carbocycles. The smallest absolute Gasteiger partial charge is 0.210 e. The Morgan fingerprint density at radius 1 is 1.21 bits per heavy atom. The summed E-state index contributed by atoms with van der Waals surface area (Å²) >= 11 is 0. The Labute approximate surface area is 222 Å². The zero-order valence-electron chi connectivity index (χ0n) is 22.6. The van der Waals surface area contributed by atoms with Crippen molar-refractivity contribution in [1.29, 1.82) is 0 Å². The summed E-state index contributed by atoms with van der Waals surface area (Å²) in [5, 5.41) is 17.6. The first-order valence-corrected chi connectivity index (χ1v) is 13.0. The van der Waals surface area contributed by atoms with Crippen LogP contribution in [-0.2, 0) is 30.2 Å². The first kappa shape index (κ1) is 25.8. The lowest BCUT2D eigenvalue weighted by molar-refractivity contribution is -0.119. The molecule has 0 spiro atoms. The van der Waals surface area contributed by atoms with Crippen LogP contribution in [0, 0.1) is 11.8 Å². The molecule has 0 amide bonds. The Balaban J connectivity index is 1.35. The maximum atomic E-state index is 12.2. The Morgan fingerprint density at radius 3 is 2.71 bits per heavy atom. The molecule has 2 N–H and O–H groups in total. The minimum absolute atomic E-state index is 0.0948. The van der Waals surface area contributed by atoms with Gasteiger partial charge in [0, 0.05) is 68.0 Å². The molecule has 1 atom stereocenters. The van der Waals surface area contributed by atoms with Gasteiger partial charge in [0.2, 0.25) is 5.95 Å². The molecular formula is C28H35N7O3. The van der Waals surface area contributed by atoms with Gasteiger partial charge in [-0.25, -0.2) is 4.98 Å². The molecule has 200 valence electrons. The van der Waals surface area contributed by atoms with Gasteiger partial charge in [0.15, 0.2) is 11.5 Å². The predicted octanol–water partition coefficient (Wildman–Crippen LogP) is 4.54. The summed E-state index contributed by atoms with van der Waals surface area (Å²) in [5.41, 5.74) is 3.05. The van der Waals surface area contributed by atoms with E-state index in [1.807, 2.05) is 41.4 Å². The third kappa shape index (κ3) is 5.70. The Bertz CT molecular complexity index is 1460. The minimum atomic E-state index is -0.111. The van der Waals surface area contributed by atoms with Crippen LogP contribution in [-0.4, -0.2) is 46.8 Å². The number of imidazole rings is 1. The number of hydrogen-bond donors (Lipinski definition) is 2. The number of carbonyl (C=O) groups is 1. The van der Waals surface area contributed by atoms with Gasteiger partial charge >= 0.3 is 0 Å². The number of anilines is 2. The van der Waals surface area contributed by atoms with Crippen LogP contribution < -0.4 is 10.1 Å². The molecule has 5 rings (SSSR count). The number of aliphatic hydroxyl groups is 1. The van der Waals surface area contributed by atoms with E-state index in [4.69, 9.17) is 9.84 Å². The van der Waals surface area contributed by atoms with E-state index >= 15 is 0 Å².